The third kappa shape index (κ3) is 2.15. The number of rotatable bonds is 0. The van der Waals surface area contributed by atoms with Gasteiger partial charge in [-0.2, -0.15) is 0 Å². The highest BCUT2D eigenvalue weighted by atomic mass is 32.1. The van der Waals surface area contributed by atoms with Gasteiger partial charge in [0.1, 0.15) is 0 Å². The molecule has 184 valence electrons. The maximum absolute atomic E-state index is 2.57. The van der Waals surface area contributed by atoms with Gasteiger partial charge >= 0.3 is 0 Å². The average molecular weight is 543 g/mol. The molecule has 0 saturated carbocycles. The molecule has 0 spiro atoms. The minimum Gasteiger partial charge on any atom is -0.305 e. The molecule has 11 rings (SSSR count). The Labute approximate surface area is 234 Å². The smallest absolute Gasteiger partial charge is 0.0790 e. The highest BCUT2D eigenvalue weighted by Gasteiger charge is 2.25. The third-order valence-corrected chi connectivity index (χ3v) is 11.2. The molecule has 0 radical (unpaired) electrons. The van der Waals surface area contributed by atoms with E-state index in [1.807, 2.05) is 22.7 Å². The monoisotopic (exact) mass is 542 g/mol. The van der Waals surface area contributed by atoms with E-state index in [1.54, 1.807) is 0 Å². The number of thiophene rings is 2. The van der Waals surface area contributed by atoms with E-state index in [-0.39, 0.29) is 0 Å². The van der Waals surface area contributed by atoms with E-state index in [0.29, 0.717) is 0 Å². The van der Waals surface area contributed by atoms with E-state index in [2.05, 4.69) is 118 Å². The fourth-order valence-electron chi connectivity index (χ4n) is 7.55. The molecule has 0 saturated heterocycles. The van der Waals surface area contributed by atoms with Gasteiger partial charge < -0.3 is 8.80 Å². The molecule has 0 bridgehead atoms. The van der Waals surface area contributed by atoms with Gasteiger partial charge in [-0.15, -0.1) is 22.7 Å². The van der Waals surface area contributed by atoms with Gasteiger partial charge in [0.2, 0.25) is 0 Å². The summed E-state index contributed by atoms with van der Waals surface area (Å²) in [4.78, 5) is 0. The van der Waals surface area contributed by atoms with Gasteiger partial charge in [0.15, 0.2) is 0 Å². The van der Waals surface area contributed by atoms with Crippen molar-refractivity contribution in [2.45, 2.75) is 0 Å². The number of benzene rings is 6. The Balaban J connectivity index is 1.58. The lowest BCUT2D eigenvalue weighted by Crippen LogP contribution is -1.97. The number of fused-ring (bicyclic) bond motifs is 16. The maximum atomic E-state index is 2.57. The molecule has 0 atom stereocenters. The standard InChI is InChI=1S/C36H18N2S2/c1-5-13-23-19(9-1)33-31-21-11-3-7-15-27(21)39-29(31)17-25-35(33)37(23)26-18-30-32(22-12-4-8-16-28(22)40-30)34-20-10-2-6-14-24(20)38(25)36(26)34/h1-18H. The highest BCUT2D eigenvalue weighted by Crippen LogP contribution is 2.50. The number of aromatic nitrogens is 2. The van der Waals surface area contributed by atoms with Crippen LogP contribution in [0.3, 0.4) is 0 Å². The van der Waals surface area contributed by atoms with Crippen molar-refractivity contribution >= 4 is 118 Å². The third-order valence-electron chi connectivity index (χ3n) is 9.00. The minimum atomic E-state index is 1.28. The lowest BCUT2D eigenvalue weighted by atomic mass is 10.0. The second kappa shape index (κ2) is 6.73. The quantitative estimate of drug-likeness (QED) is 0.169. The Bertz CT molecular complexity index is 2670. The molecular weight excluding hydrogens is 525 g/mol. The molecule has 6 aromatic carbocycles. The largest absolute Gasteiger partial charge is 0.305 e. The summed E-state index contributed by atoms with van der Waals surface area (Å²) in [6.45, 7) is 0. The molecule has 11 aromatic rings. The van der Waals surface area contributed by atoms with Crippen molar-refractivity contribution in [1.29, 1.82) is 0 Å². The van der Waals surface area contributed by atoms with E-state index in [0.717, 1.165) is 0 Å². The van der Waals surface area contributed by atoms with Crippen LogP contribution in [0.15, 0.2) is 109 Å². The Morgan fingerprint density at radius 1 is 0.350 bits per heavy atom. The predicted molar refractivity (Wildman–Crippen MR) is 175 cm³/mol. The fraction of sp³-hybridized carbons (Fsp3) is 0. The van der Waals surface area contributed by atoms with Crippen LogP contribution in [0.1, 0.15) is 0 Å². The summed E-state index contributed by atoms with van der Waals surface area (Å²) in [7, 11) is 0. The van der Waals surface area contributed by atoms with Crippen LogP contribution in [0.4, 0.5) is 0 Å². The SMILES string of the molecule is c1ccc2c(c1)sc1cc3c4c(c5ccccc5n4c4cc5sc6ccccc6c5c5c6ccccc6n3c54)c12. The number of hydrogen-bond acceptors (Lipinski definition) is 2. The Kier molecular flexibility index (Phi) is 3.42. The van der Waals surface area contributed by atoms with Crippen LogP contribution >= 0.6 is 22.7 Å². The van der Waals surface area contributed by atoms with Crippen molar-refractivity contribution in [3.63, 3.8) is 0 Å². The Hall–Kier alpha value is -4.64. The molecule has 4 heteroatoms. The Morgan fingerprint density at radius 3 is 1.23 bits per heavy atom. The van der Waals surface area contributed by atoms with Gasteiger partial charge in [0.25, 0.3) is 0 Å². The minimum absolute atomic E-state index is 1.28. The molecule has 40 heavy (non-hydrogen) atoms. The van der Waals surface area contributed by atoms with Crippen LogP contribution in [0.2, 0.25) is 0 Å². The lowest BCUT2D eigenvalue weighted by Gasteiger charge is -2.12. The molecule has 0 aliphatic heterocycles. The van der Waals surface area contributed by atoms with Crippen molar-refractivity contribution in [2.24, 2.45) is 0 Å². The van der Waals surface area contributed by atoms with E-state index in [4.69, 9.17) is 0 Å². The number of nitrogens with zero attached hydrogens (tertiary/aromatic N) is 2. The second-order valence-corrected chi connectivity index (χ2v) is 13.1. The van der Waals surface area contributed by atoms with E-state index in [1.165, 1.54) is 95.0 Å². The zero-order chi connectivity index (χ0) is 25.7. The van der Waals surface area contributed by atoms with Crippen molar-refractivity contribution in [2.75, 3.05) is 0 Å². The first-order chi connectivity index (χ1) is 19.9. The van der Waals surface area contributed by atoms with Gasteiger partial charge in [0.05, 0.1) is 33.1 Å². The van der Waals surface area contributed by atoms with Crippen molar-refractivity contribution in [3.8, 4) is 0 Å². The number of hydrogen-bond donors (Lipinski definition) is 0. The molecular formula is C36H18N2S2. The summed E-state index contributed by atoms with van der Waals surface area (Å²) >= 11 is 3.82. The highest BCUT2D eigenvalue weighted by molar-refractivity contribution is 7.26. The average Bonchev–Trinajstić information content (AvgIpc) is 3.73. The molecule has 0 unspecified atom stereocenters. The van der Waals surface area contributed by atoms with E-state index >= 15 is 0 Å². The summed E-state index contributed by atoms with van der Waals surface area (Å²) in [6, 6.07) is 40.7. The normalized spacial score (nSPS) is 13.0. The molecule has 0 N–H and O–H groups in total. The van der Waals surface area contributed by atoms with Gasteiger partial charge in [-0.3, -0.25) is 0 Å². The van der Waals surface area contributed by atoms with Crippen molar-refractivity contribution in [3.05, 3.63) is 109 Å². The van der Waals surface area contributed by atoms with Crippen LogP contribution in [-0.2, 0) is 0 Å². The summed E-state index contributed by atoms with van der Waals surface area (Å²) in [5.74, 6) is 0. The van der Waals surface area contributed by atoms with Gasteiger partial charge in [-0.1, -0.05) is 72.8 Å². The van der Waals surface area contributed by atoms with Crippen LogP contribution in [0.25, 0.3) is 95.0 Å². The first-order valence-electron chi connectivity index (χ1n) is 13.6. The molecule has 0 aliphatic carbocycles. The first-order valence-corrected chi connectivity index (χ1v) is 15.3. The zero-order valence-electron chi connectivity index (χ0n) is 21.1. The van der Waals surface area contributed by atoms with Crippen molar-refractivity contribution < 1.29 is 0 Å². The van der Waals surface area contributed by atoms with E-state index < -0.39 is 0 Å². The van der Waals surface area contributed by atoms with Gasteiger partial charge in [-0.25, -0.2) is 0 Å². The lowest BCUT2D eigenvalue weighted by molar-refractivity contribution is 1.26. The molecule has 0 aliphatic rings. The zero-order valence-corrected chi connectivity index (χ0v) is 22.7. The van der Waals surface area contributed by atoms with Crippen LogP contribution < -0.4 is 0 Å². The first kappa shape index (κ1) is 20.3. The van der Waals surface area contributed by atoms with Crippen LogP contribution in [0, 0.1) is 0 Å². The molecule has 5 aromatic heterocycles. The summed E-state index contributed by atoms with van der Waals surface area (Å²) in [6.07, 6.45) is 0. The summed E-state index contributed by atoms with van der Waals surface area (Å²) < 4.78 is 10.5. The summed E-state index contributed by atoms with van der Waals surface area (Å²) in [5, 5.41) is 10.9. The molecule has 5 heterocycles. The van der Waals surface area contributed by atoms with Crippen LogP contribution in [-0.4, -0.2) is 8.80 Å². The fourth-order valence-corrected chi connectivity index (χ4v) is 9.84. The summed E-state index contributed by atoms with van der Waals surface area (Å²) in [5.41, 5.74) is 7.74. The number of para-hydroxylation sites is 2. The van der Waals surface area contributed by atoms with Gasteiger partial charge in [-0.05, 0) is 36.4 Å². The van der Waals surface area contributed by atoms with Crippen LogP contribution in [0.5, 0.6) is 0 Å². The predicted octanol–water partition coefficient (Wildman–Crippen LogP) is 11.0. The second-order valence-electron chi connectivity index (χ2n) is 10.9. The topological polar surface area (TPSA) is 8.82 Å². The van der Waals surface area contributed by atoms with E-state index in [9.17, 15) is 0 Å². The molecule has 0 amide bonds. The van der Waals surface area contributed by atoms with Crippen molar-refractivity contribution in [1.82, 2.24) is 8.80 Å². The molecule has 2 nitrogen and oxygen atoms in total. The molecule has 0 fully saturated rings. The maximum Gasteiger partial charge on any atom is 0.0790 e. The Morgan fingerprint density at radius 2 is 0.750 bits per heavy atom. The van der Waals surface area contributed by atoms with Gasteiger partial charge in [0, 0.05) is 61.9 Å².